The molecule has 0 amide bonds. The molecule has 0 saturated carbocycles. The minimum Gasteiger partial charge on any atom is -0.285 e. The first-order chi connectivity index (χ1) is 6.16. The fourth-order valence-corrected chi connectivity index (χ4v) is 1.94. The summed E-state index contributed by atoms with van der Waals surface area (Å²) >= 11 is 0. The minimum absolute atomic E-state index is 0.881. The zero-order valence-electron chi connectivity index (χ0n) is 8.26. The van der Waals surface area contributed by atoms with Crippen molar-refractivity contribution in [1.82, 2.24) is 0 Å². The summed E-state index contributed by atoms with van der Waals surface area (Å²) in [7, 11) is 0. The number of likely N-dealkylation sites (tertiary alicyclic amines) is 1. The van der Waals surface area contributed by atoms with Gasteiger partial charge in [-0.3, -0.25) is 4.48 Å². The molecule has 1 saturated heterocycles. The molecular formula is C12H18N+. The molecule has 1 heteroatoms. The molecule has 0 bridgehead atoms. The number of hydrogen-bond acceptors (Lipinski definition) is 0. The first-order valence-electron chi connectivity index (χ1n) is 4.62. The van der Waals surface area contributed by atoms with E-state index in [4.69, 9.17) is 0 Å². The van der Waals surface area contributed by atoms with E-state index >= 15 is 0 Å². The van der Waals surface area contributed by atoms with Crippen molar-refractivity contribution >= 4 is 0 Å². The largest absolute Gasteiger partial charge is 0.285 e. The highest BCUT2D eigenvalue weighted by molar-refractivity contribution is 5.23. The van der Waals surface area contributed by atoms with Gasteiger partial charge in [-0.15, -0.1) is 0 Å². The Hall–Kier alpha value is -1.08. The summed E-state index contributed by atoms with van der Waals surface area (Å²) in [5, 5.41) is 0. The normalized spacial score (nSPS) is 20.3. The zero-order chi connectivity index (χ0) is 9.90. The Morgan fingerprint density at radius 1 is 1.15 bits per heavy atom. The third-order valence-corrected chi connectivity index (χ3v) is 2.78. The maximum Gasteiger partial charge on any atom is 0.128 e. The first-order valence-corrected chi connectivity index (χ1v) is 4.62. The smallest absolute Gasteiger partial charge is 0.128 e. The number of hydrogen-bond donors (Lipinski definition) is 0. The van der Waals surface area contributed by atoms with Gasteiger partial charge in [0.2, 0.25) is 0 Å². The highest BCUT2D eigenvalue weighted by Gasteiger charge is 2.36. The molecule has 0 aromatic carbocycles. The van der Waals surface area contributed by atoms with Crippen molar-refractivity contribution in [2.75, 3.05) is 19.6 Å². The van der Waals surface area contributed by atoms with Crippen molar-refractivity contribution in [3.63, 3.8) is 0 Å². The van der Waals surface area contributed by atoms with E-state index in [0.717, 1.165) is 36.2 Å². The molecule has 0 radical (unpaired) electrons. The van der Waals surface area contributed by atoms with Gasteiger partial charge in [0.05, 0.1) is 6.54 Å². The third-order valence-electron chi connectivity index (χ3n) is 2.78. The molecule has 1 aliphatic rings. The predicted molar refractivity (Wildman–Crippen MR) is 58.2 cm³/mol. The van der Waals surface area contributed by atoms with Crippen LogP contribution in [0.1, 0.15) is 6.42 Å². The van der Waals surface area contributed by atoms with Crippen molar-refractivity contribution in [2.24, 2.45) is 0 Å². The Kier molecular flexibility index (Phi) is 2.89. The van der Waals surface area contributed by atoms with Crippen LogP contribution in [0.15, 0.2) is 49.7 Å². The standard InChI is InChI=1S/C12H18N/c1-5-8-13(9-6-2)10-7-11(3)12(13)4/h5-6H,1-4,7-10H2/q+1. The van der Waals surface area contributed by atoms with Gasteiger partial charge in [-0.2, -0.15) is 0 Å². The summed E-state index contributed by atoms with van der Waals surface area (Å²) in [5.41, 5.74) is 2.34. The van der Waals surface area contributed by atoms with E-state index in [2.05, 4.69) is 26.3 Å². The molecule has 1 nitrogen and oxygen atoms in total. The van der Waals surface area contributed by atoms with E-state index in [-0.39, 0.29) is 0 Å². The maximum atomic E-state index is 4.10. The molecule has 0 atom stereocenters. The summed E-state index contributed by atoms with van der Waals surface area (Å²) in [4.78, 5) is 0. The van der Waals surface area contributed by atoms with Crippen LogP contribution < -0.4 is 0 Å². The number of allylic oxidation sites excluding steroid dienone is 1. The molecule has 0 aromatic heterocycles. The van der Waals surface area contributed by atoms with Crippen molar-refractivity contribution in [3.8, 4) is 0 Å². The van der Waals surface area contributed by atoms with E-state index in [1.807, 2.05) is 12.2 Å². The molecule has 1 rings (SSSR count). The Bertz CT molecular complexity index is 250. The summed E-state index contributed by atoms with van der Waals surface area (Å²) < 4.78 is 0.881. The fourth-order valence-electron chi connectivity index (χ4n) is 1.94. The van der Waals surface area contributed by atoms with Crippen molar-refractivity contribution < 1.29 is 4.48 Å². The third kappa shape index (κ3) is 1.65. The zero-order valence-corrected chi connectivity index (χ0v) is 8.26. The molecule has 0 unspecified atom stereocenters. The van der Waals surface area contributed by atoms with Gasteiger partial charge in [0.15, 0.2) is 0 Å². The summed E-state index contributed by atoms with van der Waals surface area (Å²) in [6.45, 7) is 18.7. The predicted octanol–water partition coefficient (Wildman–Crippen LogP) is 2.65. The average molecular weight is 176 g/mol. The van der Waals surface area contributed by atoms with Crippen LogP contribution in [0.4, 0.5) is 0 Å². The van der Waals surface area contributed by atoms with Gasteiger partial charge in [0.25, 0.3) is 0 Å². The van der Waals surface area contributed by atoms with E-state index in [1.165, 1.54) is 5.57 Å². The summed E-state index contributed by atoms with van der Waals surface area (Å²) in [6, 6.07) is 0. The molecule has 0 aliphatic carbocycles. The van der Waals surface area contributed by atoms with Crippen LogP contribution >= 0.6 is 0 Å². The highest BCUT2D eigenvalue weighted by Crippen LogP contribution is 2.32. The number of rotatable bonds is 4. The van der Waals surface area contributed by atoms with Crippen LogP contribution in [-0.2, 0) is 0 Å². The van der Waals surface area contributed by atoms with Crippen LogP contribution in [0.2, 0.25) is 0 Å². The molecule has 13 heavy (non-hydrogen) atoms. The van der Waals surface area contributed by atoms with Crippen molar-refractivity contribution in [1.29, 1.82) is 0 Å². The Morgan fingerprint density at radius 3 is 2.00 bits per heavy atom. The van der Waals surface area contributed by atoms with Gasteiger partial charge >= 0.3 is 0 Å². The van der Waals surface area contributed by atoms with Crippen LogP contribution in [0.3, 0.4) is 0 Å². The lowest BCUT2D eigenvalue weighted by Gasteiger charge is -2.32. The quantitative estimate of drug-likeness (QED) is 0.456. The Labute approximate surface area is 81.0 Å². The van der Waals surface area contributed by atoms with E-state index in [0.29, 0.717) is 0 Å². The highest BCUT2D eigenvalue weighted by atomic mass is 15.4. The molecule has 0 aromatic rings. The Balaban J connectivity index is 2.90. The van der Waals surface area contributed by atoms with Gasteiger partial charge in [-0.25, -0.2) is 0 Å². The molecule has 1 aliphatic heterocycles. The van der Waals surface area contributed by atoms with Gasteiger partial charge in [0.1, 0.15) is 18.8 Å². The number of quaternary nitrogens is 1. The monoisotopic (exact) mass is 176 g/mol. The molecule has 70 valence electrons. The maximum absolute atomic E-state index is 4.10. The van der Waals surface area contributed by atoms with Crippen molar-refractivity contribution in [2.45, 2.75) is 6.42 Å². The molecular weight excluding hydrogens is 158 g/mol. The van der Waals surface area contributed by atoms with Gasteiger partial charge in [0, 0.05) is 12.0 Å². The second-order valence-electron chi connectivity index (χ2n) is 3.61. The van der Waals surface area contributed by atoms with E-state index < -0.39 is 0 Å². The lowest BCUT2D eigenvalue weighted by molar-refractivity contribution is -0.869. The van der Waals surface area contributed by atoms with Gasteiger partial charge in [-0.05, 0) is 18.7 Å². The lowest BCUT2D eigenvalue weighted by atomic mass is 10.2. The van der Waals surface area contributed by atoms with Crippen LogP contribution in [0.5, 0.6) is 0 Å². The second-order valence-corrected chi connectivity index (χ2v) is 3.61. The minimum atomic E-state index is 0.881. The van der Waals surface area contributed by atoms with Crippen LogP contribution in [0.25, 0.3) is 0 Å². The number of nitrogens with zero attached hydrogens (tertiary/aromatic N) is 1. The van der Waals surface area contributed by atoms with E-state index in [1.54, 1.807) is 0 Å². The molecule has 1 fully saturated rings. The topological polar surface area (TPSA) is 0 Å². The fraction of sp³-hybridized carbons (Fsp3) is 0.333. The molecule has 1 heterocycles. The summed E-state index contributed by atoms with van der Waals surface area (Å²) in [5.74, 6) is 0. The van der Waals surface area contributed by atoms with Crippen LogP contribution in [-0.4, -0.2) is 24.1 Å². The van der Waals surface area contributed by atoms with Gasteiger partial charge in [-0.1, -0.05) is 19.7 Å². The molecule has 0 spiro atoms. The lowest BCUT2D eigenvalue weighted by Crippen LogP contribution is -2.43. The van der Waals surface area contributed by atoms with E-state index in [9.17, 15) is 0 Å². The van der Waals surface area contributed by atoms with Gasteiger partial charge < -0.3 is 0 Å². The van der Waals surface area contributed by atoms with Crippen molar-refractivity contribution in [3.05, 3.63) is 49.7 Å². The Morgan fingerprint density at radius 2 is 1.69 bits per heavy atom. The second kappa shape index (κ2) is 3.75. The van der Waals surface area contributed by atoms with Crippen LogP contribution in [0, 0.1) is 0 Å². The SMILES string of the molecule is C=CC[N+]1(CC=C)CCC(=C)C1=C. The summed E-state index contributed by atoms with van der Waals surface area (Å²) in [6.07, 6.45) is 4.96. The average Bonchev–Trinajstić information content (AvgIpc) is 2.36. The first kappa shape index (κ1) is 10.0. The molecule has 0 N–H and O–H groups in total.